The fourth-order valence-electron chi connectivity index (χ4n) is 0.830. The molecule has 1 aromatic rings. The molecular weight excluding hydrogens is 296 g/mol. The lowest BCUT2D eigenvalue weighted by molar-refractivity contribution is 1.22. The largest absolute Gasteiger partial charge is 0.198 e. The number of rotatable bonds is 6. The van der Waals surface area contributed by atoms with Gasteiger partial charge in [0.2, 0.25) is 0 Å². The molecule has 1 aromatic heterocycles. The van der Waals surface area contributed by atoms with Crippen molar-refractivity contribution in [3.05, 3.63) is 3.82 Å². The molecule has 0 saturated heterocycles. The summed E-state index contributed by atoms with van der Waals surface area (Å²) in [6.45, 7) is 0. The first-order valence-electron chi connectivity index (χ1n) is 4.42. The highest BCUT2D eigenvalue weighted by Gasteiger charge is 2.09. The topological polar surface area (TPSA) is 47.6 Å². The summed E-state index contributed by atoms with van der Waals surface area (Å²) in [6.07, 6.45) is 1.10. The summed E-state index contributed by atoms with van der Waals surface area (Å²) in [5.41, 5.74) is 0. The fraction of sp³-hybridized carbons (Fsp3) is 0.444. The zero-order valence-corrected chi connectivity index (χ0v) is 12.3. The van der Waals surface area contributed by atoms with E-state index in [1.54, 1.807) is 44.2 Å². The number of thioether (sulfide) groups is 2. The van der Waals surface area contributed by atoms with Gasteiger partial charge in [-0.3, -0.25) is 0 Å². The maximum Gasteiger partial charge on any atom is 0.116 e. The van der Waals surface area contributed by atoms with E-state index in [2.05, 4.69) is 12.1 Å². The van der Waals surface area contributed by atoms with Crippen LogP contribution in [0.1, 0.15) is 12.8 Å². The van der Waals surface area contributed by atoms with Crippen molar-refractivity contribution in [1.82, 2.24) is 0 Å². The molecule has 84 valence electrons. The minimum atomic E-state index is 0.544. The molecule has 7 heteroatoms. The predicted octanol–water partition coefficient (Wildman–Crippen LogP) is 4.55. The van der Waals surface area contributed by atoms with E-state index in [9.17, 15) is 0 Å². The smallest absolute Gasteiger partial charge is 0.116 e. The van der Waals surface area contributed by atoms with Gasteiger partial charge in [-0.15, -0.1) is 23.5 Å². The van der Waals surface area contributed by atoms with Crippen molar-refractivity contribution in [2.24, 2.45) is 0 Å². The zero-order valence-electron chi connectivity index (χ0n) is 8.26. The van der Waals surface area contributed by atoms with Crippen LogP contribution >= 0.6 is 56.4 Å². The number of hydrogen-bond donors (Lipinski definition) is 0. The van der Waals surface area contributed by atoms with Crippen LogP contribution < -0.4 is 0 Å². The molecule has 0 radical (unpaired) electrons. The van der Waals surface area contributed by atoms with Crippen molar-refractivity contribution in [3.63, 3.8) is 0 Å². The first-order valence-corrected chi connectivity index (χ1v) is 8.95. The highest BCUT2D eigenvalue weighted by Crippen LogP contribution is 2.40. The lowest BCUT2D eigenvalue weighted by Gasteiger charge is -1.99. The van der Waals surface area contributed by atoms with Gasteiger partial charge in [-0.25, -0.2) is 0 Å². The first-order chi connectivity index (χ1) is 7.79. The summed E-state index contributed by atoms with van der Waals surface area (Å²) >= 11 is 8.59. The Labute approximate surface area is 116 Å². The quantitative estimate of drug-likeness (QED) is 0.334. The molecule has 0 amide bonds. The third-order valence-corrected chi connectivity index (χ3v) is 7.70. The maximum absolute atomic E-state index is 8.48. The van der Waals surface area contributed by atoms with Gasteiger partial charge in [0, 0.05) is 24.3 Å². The third-order valence-electron chi connectivity index (χ3n) is 1.47. The average Bonchev–Trinajstić information content (AvgIpc) is 2.62. The van der Waals surface area contributed by atoms with Crippen LogP contribution in [0, 0.1) is 26.5 Å². The highest BCUT2D eigenvalue weighted by molar-refractivity contribution is 8.05. The van der Waals surface area contributed by atoms with Crippen LogP contribution in [-0.2, 0) is 0 Å². The fourth-order valence-corrected chi connectivity index (χ4v) is 6.84. The minimum absolute atomic E-state index is 0.544. The molecular formula is C9H8N2S5. The Morgan fingerprint density at radius 3 is 2.31 bits per heavy atom. The molecule has 0 fully saturated rings. The monoisotopic (exact) mass is 304 g/mol. The van der Waals surface area contributed by atoms with Crippen molar-refractivity contribution in [2.45, 2.75) is 21.9 Å². The molecule has 0 aliphatic carbocycles. The molecule has 1 heterocycles. The molecule has 2 nitrogen and oxygen atoms in total. The van der Waals surface area contributed by atoms with E-state index in [0.29, 0.717) is 12.8 Å². The van der Waals surface area contributed by atoms with Crippen LogP contribution in [0.3, 0.4) is 0 Å². The van der Waals surface area contributed by atoms with Crippen molar-refractivity contribution >= 4 is 56.4 Å². The SMILES string of the molecule is N#CCCSc1ssc(=S)c1SCCC#N. The van der Waals surface area contributed by atoms with Gasteiger partial charge < -0.3 is 0 Å². The Balaban J connectivity index is 2.60. The van der Waals surface area contributed by atoms with Gasteiger partial charge in [0.1, 0.15) is 3.82 Å². The molecule has 0 spiro atoms. The molecule has 16 heavy (non-hydrogen) atoms. The lowest BCUT2D eigenvalue weighted by Crippen LogP contribution is -1.79. The average molecular weight is 305 g/mol. The Bertz CT molecular complexity index is 461. The van der Waals surface area contributed by atoms with Gasteiger partial charge in [-0.2, -0.15) is 10.5 Å². The zero-order chi connectivity index (χ0) is 11.8. The van der Waals surface area contributed by atoms with E-state index in [-0.39, 0.29) is 0 Å². The van der Waals surface area contributed by atoms with E-state index in [0.717, 1.165) is 20.2 Å². The molecule has 0 saturated carbocycles. The van der Waals surface area contributed by atoms with Crippen molar-refractivity contribution < 1.29 is 0 Å². The van der Waals surface area contributed by atoms with E-state index < -0.39 is 0 Å². The van der Waals surface area contributed by atoms with Crippen LogP contribution in [0.2, 0.25) is 0 Å². The van der Waals surface area contributed by atoms with Crippen molar-refractivity contribution in [1.29, 1.82) is 10.5 Å². The van der Waals surface area contributed by atoms with Crippen LogP contribution in [0.5, 0.6) is 0 Å². The predicted molar refractivity (Wildman–Crippen MR) is 74.9 cm³/mol. The molecule has 1 rings (SSSR count). The summed E-state index contributed by atoms with van der Waals surface area (Å²) in [6, 6.07) is 4.25. The summed E-state index contributed by atoms with van der Waals surface area (Å²) in [7, 11) is 3.27. The molecule has 0 unspecified atom stereocenters. The van der Waals surface area contributed by atoms with E-state index in [4.69, 9.17) is 22.7 Å². The van der Waals surface area contributed by atoms with Crippen molar-refractivity contribution in [2.75, 3.05) is 11.5 Å². The molecule has 0 aliphatic rings. The van der Waals surface area contributed by atoms with Gasteiger partial charge in [0.05, 0.1) is 21.2 Å². The molecule has 0 aromatic carbocycles. The standard InChI is InChI=1S/C9H8N2S5/c10-3-1-5-13-7-8(12)15-16-9(7)14-6-2-4-11/h1-2,5-6H2. The Hall–Kier alpha value is -0.0500. The van der Waals surface area contributed by atoms with E-state index in [1.807, 2.05) is 0 Å². The van der Waals surface area contributed by atoms with Gasteiger partial charge in [-0.1, -0.05) is 32.9 Å². The van der Waals surface area contributed by atoms with Gasteiger partial charge in [0.25, 0.3) is 0 Å². The van der Waals surface area contributed by atoms with E-state index in [1.165, 1.54) is 4.21 Å². The number of nitrogens with zero attached hydrogens (tertiary/aromatic N) is 2. The number of nitriles is 2. The highest BCUT2D eigenvalue weighted by atomic mass is 32.9. The first kappa shape index (κ1) is 14.0. The van der Waals surface area contributed by atoms with Crippen LogP contribution in [0.4, 0.5) is 0 Å². The minimum Gasteiger partial charge on any atom is -0.198 e. The van der Waals surface area contributed by atoms with Crippen LogP contribution in [0.25, 0.3) is 0 Å². The summed E-state index contributed by atoms with van der Waals surface area (Å²) in [5, 5.41) is 17.0. The molecule has 0 atom stereocenters. The van der Waals surface area contributed by atoms with Crippen LogP contribution in [0.15, 0.2) is 9.10 Å². The third kappa shape index (κ3) is 4.44. The van der Waals surface area contributed by atoms with Crippen molar-refractivity contribution in [3.8, 4) is 12.1 Å². The van der Waals surface area contributed by atoms with Crippen LogP contribution in [-0.4, -0.2) is 11.5 Å². The Morgan fingerprint density at radius 1 is 1.06 bits per heavy atom. The lowest BCUT2D eigenvalue weighted by atomic mass is 10.6. The second-order valence-electron chi connectivity index (χ2n) is 2.58. The normalized spacial score (nSPS) is 9.62. The van der Waals surface area contributed by atoms with Gasteiger partial charge in [-0.05, 0) is 0 Å². The summed E-state index contributed by atoms with van der Waals surface area (Å²) in [4.78, 5) is 1.13. The maximum atomic E-state index is 8.48. The summed E-state index contributed by atoms with van der Waals surface area (Å²) in [5.74, 6) is 1.60. The molecule has 0 N–H and O–H groups in total. The number of hydrogen-bond acceptors (Lipinski definition) is 7. The van der Waals surface area contributed by atoms with Gasteiger partial charge >= 0.3 is 0 Å². The second-order valence-corrected chi connectivity index (χ2v) is 7.87. The summed E-state index contributed by atoms with van der Waals surface area (Å²) < 4.78 is 2.11. The Morgan fingerprint density at radius 2 is 1.69 bits per heavy atom. The second kappa shape index (κ2) is 8.10. The molecule has 0 bridgehead atoms. The van der Waals surface area contributed by atoms with E-state index >= 15 is 0 Å². The van der Waals surface area contributed by atoms with Gasteiger partial charge in [0.15, 0.2) is 0 Å². The molecule has 0 aliphatic heterocycles. The Kier molecular flexibility index (Phi) is 7.10.